The Kier molecular flexibility index (Phi) is 6.81. The van der Waals surface area contributed by atoms with Gasteiger partial charge in [0.2, 0.25) is 0 Å². The summed E-state index contributed by atoms with van der Waals surface area (Å²) in [5.41, 5.74) is 0.110. The van der Waals surface area contributed by atoms with Crippen LogP contribution in [-0.4, -0.2) is 32.2 Å². The van der Waals surface area contributed by atoms with Gasteiger partial charge in [-0.15, -0.1) is 0 Å². The minimum absolute atomic E-state index is 0.110. The van der Waals surface area contributed by atoms with Crippen molar-refractivity contribution in [2.24, 2.45) is 0 Å². The Morgan fingerprint density at radius 1 is 1.26 bits per heavy atom. The highest BCUT2D eigenvalue weighted by molar-refractivity contribution is 5.96. The van der Waals surface area contributed by atoms with Gasteiger partial charge in [-0.2, -0.15) is 8.78 Å². The van der Waals surface area contributed by atoms with Crippen LogP contribution in [0.25, 0.3) is 0 Å². The lowest BCUT2D eigenvalue weighted by atomic mass is 10.2. The van der Waals surface area contributed by atoms with Crippen molar-refractivity contribution in [2.45, 2.75) is 20.0 Å². The SMILES string of the molecule is CCCNCCNC(=O)c1ccccc1OC(F)F. The van der Waals surface area contributed by atoms with Gasteiger partial charge < -0.3 is 15.4 Å². The topological polar surface area (TPSA) is 50.4 Å². The van der Waals surface area contributed by atoms with E-state index < -0.39 is 12.5 Å². The van der Waals surface area contributed by atoms with E-state index in [4.69, 9.17) is 0 Å². The van der Waals surface area contributed by atoms with Crippen molar-refractivity contribution < 1.29 is 18.3 Å². The number of benzene rings is 1. The van der Waals surface area contributed by atoms with E-state index in [2.05, 4.69) is 15.4 Å². The second-order valence-electron chi connectivity index (χ2n) is 3.88. The summed E-state index contributed by atoms with van der Waals surface area (Å²) in [5.74, 6) is -0.536. The molecule has 1 amide bonds. The third-order valence-corrected chi connectivity index (χ3v) is 2.36. The number of amides is 1. The van der Waals surface area contributed by atoms with E-state index in [1.165, 1.54) is 18.2 Å². The van der Waals surface area contributed by atoms with Gasteiger partial charge >= 0.3 is 6.61 Å². The molecule has 0 spiro atoms. The second kappa shape index (κ2) is 8.42. The molecular formula is C13H18F2N2O2. The maximum atomic E-state index is 12.2. The van der Waals surface area contributed by atoms with E-state index in [1.54, 1.807) is 6.07 Å². The highest BCUT2D eigenvalue weighted by Gasteiger charge is 2.14. The molecule has 1 rings (SSSR count). The summed E-state index contributed by atoms with van der Waals surface area (Å²) >= 11 is 0. The Balaban J connectivity index is 2.51. The first-order valence-corrected chi connectivity index (χ1v) is 6.18. The molecule has 0 radical (unpaired) electrons. The average Bonchev–Trinajstić information content (AvgIpc) is 2.38. The Morgan fingerprint density at radius 2 is 2.00 bits per heavy atom. The quantitative estimate of drug-likeness (QED) is 0.712. The Morgan fingerprint density at radius 3 is 2.68 bits per heavy atom. The van der Waals surface area contributed by atoms with Crippen LogP contribution in [0.15, 0.2) is 24.3 Å². The van der Waals surface area contributed by atoms with Crippen LogP contribution in [0, 0.1) is 0 Å². The van der Waals surface area contributed by atoms with Crippen molar-refractivity contribution in [1.29, 1.82) is 0 Å². The summed E-state index contributed by atoms with van der Waals surface area (Å²) in [6, 6.07) is 5.93. The zero-order valence-electron chi connectivity index (χ0n) is 10.8. The van der Waals surface area contributed by atoms with Gasteiger partial charge in [0, 0.05) is 13.1 Å². The van der Waals surface area contributed by atoms with Crippen molar-refractivity contribution in [3.8, 4) is 5.75 Å². The number of carbonyl (C=O) groups excluding carboxylic acids is 1. The molecular weight excluding hydrogens is 254 g/mol. The fourth-order valence-electron chi connectivity index (χ4n) is 1.51. The molecule has 1 aromatic rings. The van der Waals surface area contributed by atoms with Crippen LogP contribution in [0.5, 0.6) is 5.75 Å². The van der Waals surface area contributed by atoms with Crippen LogP contribution < -0.4 is 15.4 Å². The summed E-state index contributed by atoms with van der Waals surface area (Å²) in [4.78, 5) is 11.8. The standard InChI is InChI=1S/C13H18F2N2O2/c1-2-7-16-8-9-17-12(18)10-5-3-4-6-11(10)19-13(14)15/h3-6,13,16H,2,7-9H2,1H3,(H,17,18). The maximum Gasteiger partial charge on any atom is 0.387 e. The van der Waals surface area contributed by atoms with E-state index in [-0.39, 0.29) is 11.3 Å². The van der Waals surface area contributed by atoms with E-state index in [9.17, 15) is 13.6 Å². The fraction of sp³-hybridized carbons (Fsp3) is 0.462. The summed E-state index contributed by atoms with van der Waals surface area (Å²) < 4.78 is 28.7. The number of carbonyl (C=O) groups is 1. The van der Waals surface area contributed by atoms with Gasteiger partial charge in [0.1, 0.15) is 5.75 Å². The zero-order chi connectivity index (χ0) is 14.1. The van der Waals surface area contributed by atoms with Gasteiger partial charge in [0.05, 0.1) is 5.56 Å². The average molecular weight is 272 g/mol. The van der Waals surface area contributed by atoms with E-state index in [1.807, 2.05) is 6.92 Å². The number of hydrogen-bond acceptors (Lipinski definition) is 3. The van der Waals surface area contributed by atoms with Crippen LogP contribution in [0.2, 0.25) is 0 Å². The Bertz CT molecular complexity index is 400. The highest BCUT2D eigenvalue weighted by atomic mass is 19.3. The molecule has 0 aliphatic rings. The van der Waals surface area contributed by atoms with Crippen molar-refractivity contribution >= 4 is 5.91 Å². The second-order valence-corrected chi connectivity index (χ2v) is 3.88. The minimum atomic E-state index is -2.94. The molecule has 2 N–H and O–H groups in total. The van der Waals surface area contributed by atoms with Gasteiger partial charge in [-0.3, -0.25) is 4.79 Å². The van der Waals surface area contributed by atoms with Crippen molar-refractivity contribution in [3.63, 3.8) is 0 Å². The number of nitrogens with one attached hydrogen (secondary N) is 2. The smallest absolute Gasteiger partial charge is 0.387 e. The number of hydrogen-bond donors (Lipinski definition) is 2. The van der Waals surface area contributed by atoms with E-state index >= 15 is 0 Å². The number of ether oxygens (including phenoxy) is 1. The molecule has 0 unspecified atom stereocenters. The monoisotopic (exact) mass is 272 g/mol. The fourth-order valence-corrected chi connectivity index (χ4v) is 1.51. The molecule has 0 aliphatic heterocycles. The van der Waals surface area contributed by atoms with Crippen LogP contribution >= 0.6 is 0 Å². The van der Waals surface area contributed by atoms with Crippen molar-refractivity contribution in [1.82, 2.24) is 10.6 Å². The number of para-hydroxylation sites is 1. The molecule has 0 fully saturated rings. The lowest BCUT2D eigenvalue weighted by molar-refractivity contribution is -0.0501. The number of rotatable bonds is 8. The Labute approximate surface area is 111 Å². The lowest BCUT2D eigenvalue weighted by Gasteiger charge is -2.11. The minimum Gasteiger partial charge on any atom is -0.434 e. The van der Waals surface area contributed by atoms with Crippen LogP contribution in [0.4, 0.5) is 8.78 Å². The third-order valence-electron chi connectivity index (χ3n) is 2.36. The summed E-state index contributed by atoms with van der Waals surface area (Å²) in [6.45, 7) is 1.05. The molecule has 0 atom stereocenters. The van der Waals surface area contributed by atoms with Gasteiger partial charge in [0.15, 0.2) is 0 Å². The van der Waals surface area contributed by atoms with E-state index in [0.29, 0.717) is 13.1 Å². The van der Waals surface area contributed by atoms with Crippen molar-refractivity contribution in [3.05, 3.63) is 29.8 Å². The normalized spacial score (nSPS) is 10.5. The first-order valence-electron chi connectivity index (χ1n) is 6.18. The molecule has 0 saturated heterocycles. The highest BCUT2D eigenvalue weighted by Crippen LogP contribution is 2.19. The van der Waals surface area contributed by atoms with Crippen LogP contribution in [0.1, 0.15) is 23.7 Å². The van der Waals surface area contributed by atoms with Crippen LogP contribution in [0.3, 0.4) is 0 Å². The van der Waals surface area contributed by atoms with Crippen LogP contribution in [-0.2, 0) is 0 Å². The predicted octanol–water partition coefficient (Wildman–Crippen LogP) is 2.02. The summed E-state index contributed by atoms with van der Waals surface area (Å²) in [7, 11) is 0. The van der Waals surface area contributed by atoms with Gasteiger partial charge in [-0.1, -0.05) is 19.1 Å². The molecule has 0 aromatic heterocycles. The molecule has 1 aromatic carbocycles. The summed E-state index contributed by atoms with van der Waals surface area (Å²) in [6.07, 6.45) is 1.01. The van der Waals surface area contributed by atoms with Gasteiger partial charge in [-0.25, -0.2) is 0 Å². The molecule has 6 heteroatoms. The van der Waals surface area contributed by atoms with Gasteiger partial charge in [0.25, 0.3) is 5.91 Å². The Hall–Kier alpha value is -1.69. The first kappa shape index (κ1) is 15.4. The molecule has 0 bridgehead atoms. The predicted molar refractivity (Wildman–Crippen MR) is 68.6 cm³/mol. The maximum absolute atomic E-state index is 12.2. The molecule has 0 saturated carbocycles. The largest absolute Gasteiger partial charge is 0.434 e. The molecule has 4 nitrogen and oxygen atoms in total. The third kappa shape index (κ3) is 5.65. The number of alkyl halides is 2. The summed E-state index contributed by atoms with van der Waals surface area (Å²) in [5, 5.41) is 5.77. The number of halogens is 2. The lowest BCUT2D eigenvalue weighted by Crippen LogP contribution is -2.32. The van der Waals surface area contributed by atoms with Gasteiger partial charge in [-0.05, 0) is 25.1 Å². The molecule has 0 aliphatic carbocycles. The molecule has 19 heavy (non-hydrogen) atoms. The molecule has 0 heterocycles. The van der Waals surface area contributed by atoms with E-state index in [0.717, 1.165) is 13.0 Å². The first-order chi connectivity index (χ1) is 9.15. The van der Waals surface area contributed by atoms with Crippen molar-refractivity contribution in [2.75, 3.05) is 19.6 Å². The zero-order valence-corrected chi connectivity index (χ0v) is 10.8. The molecule has 106 valence electrons.